The number of halogens is 1. The van der Waals surface area contributed by atoms with E-state index >= 15 is 0 Å². The molecule has 1 N–H and O–H groups in total. The number of rotatable bonds is 5. The van der Waals surface area contributed by atoms with E-state index in [0.29, 0.717) is 27.7 Å². The Kier molecular flexibility index (Phi) is 4.92. The quantitative estimate of drug-likeness (QED) is 0.761. The van der Waals surface area contributed by atoms with Crippen molar-refractivity contribution in [1.82, 2.24) is 14.8 Å². The minimum atomic E-state index is -0.392. The maximum Gasteiger partial charge on any atom is 0.262 e. The molecule has 0 aliphatic rings. The zero-order chi connectivity index (χ0) is 17.6. The van der Waals surface area contributed by atoms with Gasteiger partial charge in [0.25, 0.3) is 5.91 Å². The van der Waals surface area contributed by atoms with Crippen LogP contribution in [0.4, 0.5) is 5.69 Å². The van der Waals surface area contributed by atoms with E-state index in [9.17, 15) is 4.79 Å². The summed E-state index contributed by atoms with van der Waals surface area (Å²) in [5, 5.41) is 16.3. The van der Waals surface area contributed by atoms with Crippen molar-refractivity contribution in [2.24, 2.45) is 0 Å². The summed E-state index contributed by atoms with van der Waals surface area (Å²) in [4.78, 5) is 16.1. The highest BCUT2D eigenvalue weighted by Gasteiger charge is 2.11. The Balaban J connectivity index is 1.73. The van der Waals surface area contributed by atoms with Gasteiger partial charge in [0.05, 0.1) is 16.9 Å². The first-order valence-electron chi connectivity index (χ1n) is 7.23. The van der Waals surface area contributed by atoms with Crippen LogP contribution in [0.15, 0.2) is 55.1 Å². The van der Waals surface area contributed by atoms with Crippen molar-refractivity contribution in [2.45, 2.75) is 0 Å². The van der Waals surface area contributed by atoms with Crippen LogP contribution in [0.2, 0.25) is 5.02 Å². The molecule has 0 aliphatic carbocycles. The van der Waals surface area contributed by atoms with E-state index in [-0.39, 0.29) is 6.61 Å². The molecule has 0 spiro atoms. The Labute approximate surface area is 148 Å². The van der Waals surface area contributed by atoms with Crippen molar-refractivity contribution in [3.05, 3.63) is 65.7 Å². The summed E-state index contributed by atoms with van der Waals surface area (Å²) >= 11 is 6.01. The highest BCUT2D eigenvalue weighted by Crippen LogP contribution is 2.24. The Morgan fingerprint density at radius 3 is 2.92 bits per heavy atom. The maximum absolute atomic E-state index is 12.2. The second-order valence-corrected chi connectivity index (χ2v) is 5.38. The molecule has 2 aromatic carbocycles. The van der Waals surface area contributed by atoms with Gasteiger partial charge in [0, 0.05) is 5.02 Å². The van der Waals surface area contributed by atoms with Crippen LogP contribution in [0.3, 0.4) is 0 Å². The Morgan fingerprint density at radius 2 is 2.16 bits per heavy atom. The van der Waals surface area contributed by atoms with E-state index in [4.69, 9.17) is 21.6 Å². The molecule has 0 aliphatic heterocycles. The number of nitrogens with one attached hydrogen (secondary N) is 1. The normalized spacial score (nSPS) is 10.1. The monoisotopic (exact) mass is 353 g/mol. The summed E-state index contributed by atoms with van der Waals surface area (Å²) in [7, 11) is 0. The van der Waals surface area contributed by atoms with Gasteiger partial charge in [0.2, 0.25) is 0 Å². The molecule has 25 heavy (non-hydrogen) atoms. The predicted octanol–water partition coefficient (Wildman–Crippen LogP) is 2.81. The van der Waals surface area contributed by atoms with Crippen LogP contribution in [0.5, 0.6) is 5.75 Å². The number of hydrogen-bond donors (Lipinski definition) is 1. The molecule has 0 atom stereocenters. The number of para-hydroxylation sites is 1. The van der Waals surface area contributed by atoms with E-state index in [2.05, 4.69) is 15.4 Å². The molecule has 0 bridgehead atoms. The largest absolute Gasteiger partial charge is 0.482 e. The van der Waals surface area contributed by atoms with E-state index in [1.807, 2.05) is 6.07 Å². The minimum absolute atomic E-state index is 0.248. The molecule has 0 saturated carbocycles. The van der Waals surface area contributed by atoms with Gasteiger partial charge < -0.3 is 10.1 Å². The summed E-state index contributed by atoms with van der Waals surface area (Å²) in [6.45, 7) is -0.248. The fourth-order valence-electron chi connectivity index (χ4n) is 2.16. The zero-order valence-electron chi connectivity index (χ0n) is 12.9. The summed E-state index contributed by atoms with van der Waals surface area (Å²) in [5.74, 6) is -0.0425. The molecular formula is C17H12ClN5O2. The van der Waals surface area contributed by atoms with Crippen LogP contribution in [-0.4, -0.2) is 27.3 Å². The van der Waals surface area contributed by atoms with Gasteiger partial charge in [0.1, 0.15) is 24.5 Å². The number of ether oxygens (including phenoxy) is 1. The first-order chi connectivity index (χ1) is 12.2. The molecular weight excluding hydrogens is 342 g/mol. The van der Waals surface area contributed by atoms with E-state index in [1.165, 1.54) is 17.3 Å². The third-order valence-corrected chi connectivity index (χ3v) is 3.50. The standard InChI is InChI=1S/C17H12ClN5O2/c18-13-5-6-15(23-11-20-10-21-23)14(7-13)22-17(24)9-25-16-4-2-1-3-12(16)8-19/h1-7,10-11H,9H2,(H,22,24). The Hall–Kier alpha value is -3.37. The van der Waals surface area contributed by atoms with Gasteiger partial charge in [-0.2, -0.15) is 10.4 Å². The fourth-order valence-corrected chi connectivity index (χ4v) is 2.33. The molecule has 0 unspecified atom stereocenters. The highest BCUT2D eigenvalue weighted by atomic mass is 35.5. The van der Waals surface area contributed by atoms with Crippen molar-refractivity contribution in [2.75, 3.05) is 11.9 Å². The molecule has 0 radical (unpaired) electrons. The van der Waals surface area contributed by atoms with Gasteiger partial charge in [-0.05, 0) is 30.3 Å². The number of nitrogens with zero attached hydrogens (tertiary/aromatic N) is 4. The topological polar surface area (TPSA) is 92.8 Å². The highest BCUT2D eigenvalue weighted by molar-refractivity contribution is 6.31. The third-order valence-electron chi connectivity index (χ3n) is 3.26. The van der Waals surface area contributed by atoms with Crippen LogP contribution in [-0.2, 0) is 4.79 Å². The van der Waals surface area contributed by atoms with E-state index in [0.717, 1.165) is 0 Å². The average molecular weight is 354 g/mol. The SMILES string of the molecule is N#Cc1ccccc1OCC(=O)Nc1cc(Cl)ccc1-n1cncn1. The summed E-state index contributed by atoms with van der Waals surface area (Å²) in [6, 6.07) is 13.7. The molecule has 1 aromatic heterocycles. The van der Waals surface area contributed by atoms with Crippen LogP contribution < -0.4 is 10.1 Å². The first-order valence-corrected chi connectivity index (χ1v) is 7.61. The fraction of sp³-hybridized carbons (Fsp3) is 0.0588. The lowest BCUT2D eigenvalue weighted by Crippen LogP contribution is -2.21. The van der Waals surface area contributed by atoms with Gasteiger partial charge in [0.15, 0.2) is 6.61 Å². The average Bonchev–Trinajstić information content (AvgIpc) is 3.14. The number of amides is 1. The lowest BCUT2D eigenvalue weighted by atomic mass is 10.2. The molecule has 7 nitrogen and oxygen atoms in total. The third kappa shape index (κ3) is 3.94. The molecule has 1 amide bonds. The molecule has 1 heterocycles. The van der Waals surface area contributed by atoms with Crippen molar-refractivity contribution in [3.8, 4) is 17.5 Å². The lowest BCUT2D eigenvalue weighted by Gasteiger charge is -2.12. The number of carbonyl (C=O) groups excluding carboxylic acids is 1. The number of aromatic nitrogens is 3. The smallest absolute Gasteiger partial charge is 0.262 e. The molecule has 0 fully saturated rings. The molecule has 124 valence electrons. The van der Waals surface area contributed by atoms with Crippen molar-refractivity contribution < 1.29 is 9.53 Å². The number of benzene rings is 2. The van der Waals surface area contributed by atoms with Gasteiger partial charge >= 0.3 is 0 Å². The van der Waals surface area contributed by atoms with Crippen LogP contribution >= 0.6 is 11.6 Å². The van der Waals surface area contributed by atoms with Crippen LogP contribution in [0, 0.1) is 11.3 Å². The van der Waals surface area contributed by atoms with E-state index in [1.54, 1.807) is 42.5 Å². The molecule has 0 saturated heterocycles. The van der Waals surface area contributed by atoms with Crippen molar-refractivity contribution in [3.63, 3.8) is 0 Å². The van der Waals surface area contributed by atoms with Gasteiger partial charge in [-0.25, -0.2) is 9.67 Å². The summed E-state index contributed by atoms with van der Waals surface area (Å²) in [6.07, 6.45) is 2.90. The first kappa shape index (κ1) is 16.5. The second kappa shape index (κ2) is 7.47. The Bertz CT molecular complexity index is 934. The van der Waals surface area contributed by atoms with Gasteiger partial charge in [-0.3, -0.25) is 4.79 Å². The van der Waals surface area contributed by atoms with E-state index < -0.39 is 5.91 Å². The number of hydrogen-bond acceptors (Lipinski definition) is 5. The van der Waals surface area contributed by atoms with Crippen LogP contribution in [0.1, 0.15) is 5.56 Å². The number of anilines is 1. The molecule has 3 rings (SSSR count). The van der Waals surface area contributed by atoms with Crippen LogP contribution in [0.25, 0.3) is 5.69 Å². The van der Waals surface area contributed by atoms with Gasteiger partial charge in [-0.15, -0.1) is 0 Å². The van der Waals surface area contributed by atoms with Gasteiger partial charge in [-0.1, -0.05) is 23.7 Å². The molecule has 8 heteroatoms. The number of carbonyl (C=O) groups is 1. The van der Waals surface area contributed by atoms with Crippen molar-refractivity contribution in [1.29, 1.82) is 5.26 Å². The summed E-state index contributed by atoms with van der Waals surface area (Å²) in [5.41, 5.74) is 1.45. The maximum atomic E-state index is 12.2. The summed E-state index contributed by atoms with van der Waals surface area (Å²) < 4.78 is 6.93. The minimum Gasteiger partial charge on any atom is -0.482 e. The predicted molar refractivity (Wildman–Crippen MR) is 91.7 cm³/mol. The van der Waals surface area contributed by atoms with Crippen molar-refractivity contribution >= 4 is 23.2 Å². The Morgan fingerprint density at radius 1 is 1.32 bits per heavy atom. The lowest BCUT2D eigenvalue weighted by molar-refractivity contribution is -0.118. The zero-order valence-corrected chi connectivity index (χ0v) is 13.6. The molecule has 3 aromatic rings. The number of nitriles is 1. The second-order valence-electron chi connectivity index (χ2n) is 4.95.